The molecular weight excluding hydrogens is 256 g/mol. The van der Waals surface area contributed by atoms with Crippen LogP contribution in [0, 0.1) is 5.92 Å². The Labute approximate surface area is 124 Å². The Balaban J connectivity index is 2.04. The summed E-state index contributed by atoms with van der Waals surface area (Å²) in [7, 11) is 0. The van der Waals surface area contributed by atoms with Crippen LogP contribution in [0.15, 0.2) is 54.6 Å². The summed E-state index contributed by atoms with van der Waals surface area (Å²) >= 11 is 0. The predicted octanol–water partition coefficient (Wildman–Crippen LogP) is 5.37. The van der Waals surface area contributed by atoms with Gasteiger partial charge in [-0.05, 0) is 40.5 Å². The number of carbonyl (C=O) groups is 1. The van der Waals surface area contributed by atoms with Crippen LogP contribution in [0.1, 0.15) is 36.0 Å². The normalized spacial score (nSPS) is 15.8. The van der Waals surface area contributed by atoms with Crippen LogP contribution in [0.2, 0.25) is 0 Å². The quantitative estimate of drug-likeness (QED) is 0.454. The summed E-state index contributed by atoms with van der Waals surface area (Å²) in [6.07, 6.45) is 4.49. The number of carbonyl (C=O) groups excluding carboxylic acids is 1. The lowest BCUT2D eigenvalue weighted by Crippen LogP contribution is -2.12. The molecule has 4 rings (SSSR count). The highest BCUT2D eigenvalue weighted by Gasteiger charge is 2.26. The molecule has 0 spiro atoms. The first kappa shape index (κ1) is 12.6. The van der Waals surface area contributed by atoms with Crippen LogP contribution in [0.4, 0.5) is 0 Å². The zero-order chi connectivity index (χ0) is 14.2. The molecule has 1 aliphatic carbocycles. The van der Waals surface area contributed by atoms with E-state index >= 15 is 0 Å². The van der Waals surface area contributed by atoms with Gasteiger partial charge in [-0.15, -0.1) is 0 Å². The minimum Gasteiger partial charge on any atom is -0.294 e. The average molecular weight is 274 g/mol. The van der Waals surface area contributed by atoms with Crippen molar-refractivity contribution < 1.29 is 4.79 Å². The molecule has 1 fully saturated rings. The van der Waals surface area contributed by atoms with Crippen molar-refractivity contribution in [1.29, 1.82) is 0 Å². The van der Waals surface area contributed by atoms with Gasteiger partial charge in [0.15, 0.2) is 5.78 Å². The molecular formula is C20H18O. The Morgan fingerprint density at radius 3 is 1.90 bits per heavy atom. The maximum absolute atomic E-state index is 13.1. The molecule has 3 aromatic rings. The minimum atomic E-state index is 0.221. The summed E-state index contributed by atoms with van der Waals surface area (Å²) in [6, 6.07) is 18.7. The van der Waals surface area contributed by atoms with E-state index in [2.05, 4.69) is 30.3 Å². The number of Topliss-reactive ketones (excluding diaryl/α,β-unsaturated/α-hetero) is 1. The molecule has 0 aromatic heterocycles. The fourth-order valence-corrected chi connectivity index (χ4v) is 3.67. The van der Waals surface area contributed by atoms with E-state index < -0.39 is 0 Å². The summed E-state index contributed by atoms with van der Waals surface area (Å²) in [5, 5.41) is 4.54. The third-order valence-corrected chi connectivity index (χ3v) is 4.74. The zero-order valence-electron chi connectivity index (χ0n) is 12.0. The molecule has 0 radical (unpaired) electrons. The molecule has 0 unspecified atom stereocenters. The Morgan fingerprint density at radius 1 is 0.810 bits per heavy atom. The van der Waals surface area contributed by atoms with Crippen molar-refractivity contribution >= 4 is 27.3 Å². The molecule has 0 atom stereocenters. The van der Waals surface area contributed by atoms with Crippen LogP contribution in [0.3, 0.4) is 0 Å². The van der Waals surface area contributed by atoms with Crippen LogP contribution in [-0.4, -0.2) is 5.78 Å². The van der Waals surface area contributed by atoms with Gasteiger partial charge in [0, 0.05) is 11.5 Å². The van der Waals surface area contributed by atoms with E-state index in [9.17, 15) is 4.79 Å². The van der Waals surface area contributed by atoms with Crippen molar-refractivity contribution in [2.75, 3.05) is 0 Å². The Morgan fingerprint density at radius 2 is 1.33 bits per heavy atom. The SMILES string of the molecule is O=C(c1c2ccccc2cc2ccccc12)C1CCCC1. The van der Waals surface area contributed by atoms with E-state index in [0.29, 0.717) is 5.78 Å². The highest BCUT2D eigenvalue weighted by atomic mass is 16.1. The van der Waals surface area contributed by atoms with Crippen molar-refractivity contribution in [3.63, 3.8) is 0 Å². The van der Waals surface area contributed by atoms with E-state index in [0.717, 1.165) is 39.9 Å². The van der Waals surface area contributed by atoms with Crippen molar-refractivity contribution in [2.45, 2.75) is 25.7 Å². The van der Waals surface area contributed by atoms with Gasteiger partial charge in [-0.3, -0.25) is 4.79 Å². The van der Waals surface area contributed by atoms with Gasteiger partial charge >= 0.3 is 0 Å². The molecule has 1 aliphatic rings. The molecule has 0 amide bonds. The number of rotatable bonds is 2. The Kier molecular flexibility index (Phi) is 2.99. The molecule has 0 saturated heterocycles. The summed E-state index contributed by atoms with van der Waals surface area (Å²) in [5.41, 5.74) is 0.940. The summed E-state index contributed by atoms with van der Waals surface area (Å²) in [4.78, 5) is 13.1. The molecule has 1 nitrogen and oxygen atoms in total. The molecule has 3 aromatic carbocycles. The Bertz CT molecular complexity index is 771. The maximum Gasteiger partial charge on any atom is 0.167 e. The number of benzene rings is 3. The van der Waals surface area contributed by atoms with Crippen molar-refractivity contribution in [3.8, 4) is 0 Å². The van der Waals surface area contributed by atoms with Gasteiger partial charge in [0.2, 0.25) is 0 Å². The molecule has 0 bridgehead atoms. The number of fused-ring (bicyclic) bond motifs is 2. The lowest BCUT2D eigenvalue weighted by atomic mass is 9.88. The van der Waals surface area contributed by atoms with Gasteiger partial charge in [0.05, 0.1) is 0 Å². The molecule has 21 heavy (non-hydrogen) atoms. The van der Waals surface area contributed by atoms with E-state index in [1.807, 2.05) is 24.3 Å². The summed E-state index contributed by atoms with van der Waals surface area (Å²) < 4.78 is 0. The van der Waals surface area contributed by atoms with Gasteiger partial charge in [0.25, 0.3) is 0 Å². The van der Waals surface area contributed by atoms with Gasteiger partial charge in [0.1, 0.15) is 0 Å². The first-order chi connectivity index (χ1) is 10.3. The lowest BCUT2D eigenvalue weighted by Gasteiger charge is -2.14. The van der Waals surface area contributed by atoms with E-state index in [1.165, 1.54) is 12.8 Å². The van der Waals surface area contributed by atoms with E-state index in [-0.39, 0.29) is 5.92 Å². The summed E-state index contributed by atoms with van der Waals surface area (Å²) in [5.74, 6) is 0.569. The lowest BCUT2D eigenvalue weighted by molar-refractivity contribution is 0.0926. The topological polar surface area (TPSA) is 17.1 Å². The molecule has 0 heterocycles. The highest BCUT2D eigenvalue weighted by molar-refractivity contribution is 6.19. The second-order valence-corrected chi connectivity index (χ2v) is 6.04. The van der Waals surface area contributed by atoms with Gasteiger partial charge in [-0.25, -0.2) is 0 Å². The molecule has 0 N–H and O–H groups in total. The number of hydrogen-bond acceptors (Lipinski definition) is 1. The summed E-state index contributed by atoms with van der Waals surface area (Å²) in [6.45, 7) is 0. The standard InChI is InChI=1S/C20H18O/c21-20(14-7-1-2-8-14)19-17-11-5-3-9-15(17)13-16-10-4-6-12-18(16)19/h3-6,9-14H,1-2,7-8H2. The number of ketones is 1. The van der Waals surface area contributed by atoms with E-state index in [4.69, 9.17) is 0 Å². The highest BCUT2D eigenvalue weighted by Crippen LogP contribution is 2.34. The molecule has 0 aliphatic heterocycles. The van der Waals surface area contributed by atoms with Crippen LogP contribution >= 0.6 is 0 Å². The van der Waals surface area contributed by atoms with Crippen LogP contribution in [-0.2, 0) is 0 Å². The fraction of sp³-hybridized carbons (Fsp3) is 0.250. The van der Waals surface area contributed by atoms with Gasteiger partial charge in [-0.1, -0.05) is 61.4 Å². The second kappa shape index (κ2) is 5.00. The average Bonchev–Trinajstić information content (AvgIpc) is 3.06. The predicted molar refractivity (Wildman–Crippen MR) is 87.7 cm³/mol. The van der Waals surface area contributed by atoms with Crippen LogP contribution < -0.4 is 0 Å². The Hall–Kier alpha value is -2.15. The number of hydrogen-bond donors (Lipinski definition) is 0. The smallest absolute Gasteiger partial charge is 0.167 e. The third-order valence-electron chi connectivity index (χ3n) is 4.74. The second-order valence-electron chi connectivity index (χ2n) is 6.04. The molecule has 1 saturated carbocycles. The largest absolute Gasteiger partial charge is 0.294 e. The van der Waals surface area contributed by atoms with Crippen molar-refractivity contribution in [3.05, 3.63) is 60.2 Å². The fourth-order valence-electron chi connectivity index (χ4n) is 3.67. The van der Waals surface area contributed by atoms with Crippen molar-refractivity contribution in [1.82, 2.24) is 0 Å². The third kappa shape index (κ3) is 2.04. The molecule has 1 heteroatoms. The molecule has 104 valence electrons. The van der Waals surface area contributed by atoms with Crippen LogP contribution in [0.25, 0.3) is 21.5 Å². The first-order valence-electron chi connectivity index (χ1n) is 7.79. The van der Waals surface area contributed by atoms with Gasteiger partial charge < -0.3 is 0 Å². The van der Waals surface area contributed by atoms with Crippen LogP contribution in [0.5, 0.6) is 0 Å². The first-order valence-corrected chi connectivity index (χ1v) is 7.79. The monoisotopic (exact) mass is 274 g/mol. The maximum atomic E-state index is 13.1. The van der Waals surface area contributed by atoms with Crippen molar-refractivity contribution in [2.24, 2.45) is 5.92 Å². The van der Waals surface area contributed by atoms with Gasteiger partial charge in [-0.2, -0.15) is 0 Å². The van der Waals surface area contributed by atoms with E-state index in [1.54, 1.807) is 0 Å². The zero-order valence-corrected chi connectivity index (χ0v) is 12.0. The minimum absolute atomic E-state index is 0.221.